The van der Waals surface area contributed by atoms with E-state index < -0.39 is 5.97 Å². The van der Waals surface area contributed by atoms with Gasteiger partial charge in [0.05, 0.1) is 0 Å². The van der Waals surface area contributed by atoms with Gasteiger partial charge in [-0.25, -0.2) is 4.79 Å². The van der Waals surface area contributed by atoms with Crippen molar-refractivity contribution in [2.24, 2.45) is 0 Å². The molecular weight excluding hydrogens is 289 g/mol. The van der Waals surface area contributed by atoms with Gasteiger partial charge in [-0.05, 0) is 12.1 Å². The molecule has 0 atom stereocenters. The zero-order chi connectivity index (χ0) is 7.56. The monoisotopic (exact) mass is 296 g/mol. The zero-order valence-electron chi connectivity index (χ0n) is 5.47. The minimum Gasteiger partial charge on any atom is -0.507 e. The van der Waals surface area contributed by atoms with Crippen LogP contribution >= 0.6 is 0 Å². The maximum Gasteiger partial charge on any atom is 0.339 e. The van der Waals surface area contributed by atoms with Crippen LogP contribution in [0.15, 0.2) is 24.3 Å². The summed E-state index contributed by atoms with van der Waals surface area (Å²) >= 11 is 0. The van der Waals surface area contributed by atoms with Crippen LogP contribution in [-0.4, -0.2) is 16.2 Å². The van der Waals surface area contributed by atoms with E-state index in [-0.39, 0.29) is 51.3 Å². The summed E-state index contributed by atoms with van der Waals surface area (Å²) in [5.41, 5.74) is -0.0671. The van der Waals surface area contributed by atoms with E-state index in [4.69, 9.17) is 10.2 Å². The molecule has 60 valence electrons. The smallest absolute Gasteiger partial charge is 0.339 e. The Kier molecular flexibility index (Phi) is 4.57. The van der Waals surface area contributed by atoms with E-state index in [0.29, 0.717) is 0 Å². The van der Waals surface area contributed by atoms with Gasteiger partial charge in [-0.3, -0.25) is 0 Å². The molecule has 0 radical (unpaired) electrons. The molecule has 0 heterocycles. The Labute approximate surface area is 95.7 Å². The maximum absolute atomic E-state index is 10.3. The van der Waals surface area contributed by atoms with Gasteiger partial charge in [0.25, 0.3) is 0 Å². The molecule has 0 spiro atoms. The Morgan fingerprint density at radius 1 is 1.27 bits per heavy atom. The SMILES string of the molecule is O=C(O)c1ccccc1O.[Gd]. The first-order chi connectivity index (χ1) is 4.72. The predicted octanol–water partition coefficient (Wildman–Crippen LogP) is 1.09. The van der Waals surface area contributed by atoms with Gasteiger partial charge in [-0.1, -0.05) is 12.1 Å². The number of aromatic carboxylic acids is 1. The summed E-state index contributed by atoms with van der Waals surface area (Å²) in [5, 5.41) is 17.3. The molecule has 0 amide bonds. The Bertz CT molecular complexity index is 260. The van der Waals surface area contributed by atoms with Gasteiger partial charge >= 0.3 is 5.97 Å². The second kappa shape index (κ2) is 4.64. The molecule has 0 saturated carbocycles. The summed E-state index contributed by atoms with van der Waals surface area (Å²) in [6.45, 7) is 0. The molecule has 1 aromatic rings. The number of benzene rings is 1. The standard InChI is InChI=1S/C7H6O3.Gd/c8-6-4-2-1-3-5(6)7(9)10;/h1-4,8H,(H,9,10);. The number of hydrogen-bond acceptors (Lipinski definition) is 2. The first kappa shape index (κ1) is 10.8. The molecule has 3 nitrogen and oxygen atoms in total. The van der Waals surface area contributed by atoms with Crippen LogP contribution < -0.4 is 0 Å². The third-order valence-electron chi connectivity index (χ3n) is 1.13. The minimum absolute atomic E-state index is 0. The molecule has 4 heteroatoms. The van der Waals surface area contributed by atoms with E-state index in [1.54, 1.807) is 12.1 Å². The predicted molar refractivity (Wildman–Crippen MR) is 35.1 cm³/mol. The summed E-state index contributed by atoms with van der Waals surface area (Å²) in [6.07, 6.45) is 0. The summed E-state index contributed by atoms with van der Waals surface area (Å²) in [6, 6.07) is 5.81. The molecule has 11 heavy (non-hydrogen) atoms. The van der Waals surface area contributed by atoms with E-state index in [2.05, 4.69) is 0 Å². The third kappa shape index (κ3) is 2.73. The topological polar surface area (TPSA) is 57.5 Å². The van der Waals surface area contributed by atoms with Crippen molar-refractivity contribution in [3.8, 4) is 5.75 Å². The molecule has 0 aliphatic rings. The van der Waals surface area contributed by atoms with Crippen LogP contribution in [0.3, 0.4) is 0 Å². The third-order valence-corrected chi connectivity index (χ3v) is 1.13. The van der Waals surface area contributed by atoms with Gasteiger partial charge in [0.1, 0.15) is 11.3 Å². The van der Waals surface area contributed by atoms with Gasteiger partial charge in [0, 0.05) is 39.9 Å². The number of carboxylic acids is 1. The fourth-order valence-electron chi connectivity index (χ4n) is 0.654. The van der Waals surface area contributed by atoms with Crippen molar-refractivity contribution in [3.05, 3.63) is 29.8 Å². The number of carbonyl (C=O) groups is 1. The van der Waals surface area contributed by atoms with E-state index >= 15 is 0 Å². The summed E-state index contributed by atoms with van der Waals surface area (Å²) < 4.78 is 0. The van der Waals surface area contributed by atoms with Crippen LogP contribution in [0.5, 0.6) is 5.75 Å². The maximum atomic E-state index is 10.3. The Morgan fingerprint density at radius 3 is 2.18 bits per heavy atom. The van der Waals surface area contributed by atoms with Gasteiger partial charge in [0.2, 0.25) is 0 Å². The normalized spacial score (nSPS) is 8.36. The van der Waals surface area contributed by atoms with Crippen LogP contribution in [0, 0.1) is 39.9 Å². The van der Waals surface area contributed by atoms with Crippen molar-refractivity contribution in [3.63, 3.8) is 0 Å². The van der Waals surface area contributed by atoms with Crippen LogP contribution in [0.4, 0.5) is 0 Å². The molecule has 0 aromatic heterocycles. The average Bonchev–Trinajstić information content (AvgIpc) is 1.88. The number of rotatable bonds is 1. The number of carboxylic acid groups (broad SMARTS) is 1. The molecule has 0 bridgehead atoms. The van der Waals surface area contributed by atoms with Crippen LogP contribution in [0.2, 0.25) is 0 Å². The summed E-state index contributed by atoms with van der Waals surface area (Å²) in [5.74, 6) is -1.31. The molecule has 0 unspecified atom stereocenters. The van der Waals surface area contributed by atoms with E-state index in [1.807, 2.05) is 0 Å². The number of para-hydroxylation sites is 1. The van der Waals surface area contributed by atoms with Crippen molar-refractivity contribution in [1.29, 1.82) is 0 Å². The van der Waals surface area contributed by atoms with Gasteiger partial charge in [-0.15, -0.1) is 0 Å². The first-order valence-electron chi connectivity index (χ1n) is 2.73. The van der Waals surface area contributed by atoms with Crippen molar-refractivity contribution >= 4 is 5.97 Å². The second-order valence-electron chi connectivity index (χ2n) is 1.82. The molecule has 0 saturated heterocycles. The van der Waals surface area contributed by atoms with Gasteiger partial charge in [-0.2, -0.15) is 0 Å². The summed E-state index contributed by atoms with van der Waals surface area (Å²) in [7, 11) is 0. The van der Waals surface area contributed by atoms with E-state index in [0.717, 1.165) is 0 Å². The van der Waals surface area contributed by atoms with Gasteiger partial charge < -0.3 is 10.2 Å². The molecule has 0 aliphatic carbocycles. The molecule has 2 N–H and O–H groups in total. The second-order valence-corrected chi connectivity index (χ2v) is 1.82. The first-order valence-corrected chi connectivity index (χ1v) is 2.73. The minimum atomic E-state index is -1.11. The Hall–Kier alpha value is -0.185. The Morgan fingerprint density at radius 2 is 1.82 bits per heavy atom. The fourth-order valence-corrected chi connectivity index (χ4v) is 0.654. The molecule has 0 aliphatic heterocycles. The van der Waals surface area contributed by atoms with Crippen LogP contribution in [0.1, 0.15) is 10.4 Å². The molecule has 0 fully saturated rings. The Balaban J connectivity index is 0.000001000. The van der Waals surface area contributed by atoms with E-state index in [9.17, 15) is 4.79 Å². The zero-order valence-corrected chi connectivity index (χ0v) is 7.73. The molecule has 1 rings (SSSR count). The van der Waals surface area contributed by atoms with Crippen molar-refractivity contribution in [2.75, 3.05) is 0 Å². The van der Waals surface area contributed by atoms with Crippen LogP contribution in [0.25, 0.3) is 0 Å². The average molecular weight is 295 g/mol. The largest absolute Gasteiger partial charge is 0.507 e. The van der Waals surface area contributed by atoms with Crippen molar-refractivity contribution in [1.82, 2.24) is 0 Å². The number of hydrogen-bond donors (Lipinski definition) is 2. The van der Waals surface area contributed by atoms with Crippen molar-refractivity contribution in [2.45, 2.75) is 0 Å². The number of aromatic hydroxyl groups is 1. The van der Waals surface area contributed by atoms with E-state index in [1.165, 1.54) is 12.1 Å². The molecule has 1 aromatic carbocycles. The fraction of sp³-hybridized carbons (Fsp3) is 0. The van der Waals surface area contributed by atoms with Gasteiger partial charge in [0.15, 0.2) is 0 Å². The van der Waals surface area contributed by atoms with Crippen molar-refractivity contribution < 1.29 is 54.9 Å². The summed E-state index contributed by atoms with van der Waals surface area (Å²) in [4.78, 5) is 10.3. The number of phenols is 1. The quantitative estimate of drug-likeness (QED) is 0.815. The van der Waals surface area contributed by atoms with Crippen LogP contribution in [-0.2, 0) is 0 Å². The molecular formula is C7H6GdO3.